The molecule has 0 aliphatic heterocycles. The number of ketones is 2. The minimum absolute atomic E-state index is 0.0578. The maximum atomic E-state index is 13.2. The van der Waals surface area contributed by atoms with Gasteiger partial charge in [0, 0.05) is 11.8 Å². The summed E-state index contributed by atoms with van der Waals surface area (Å²) in [4.78, 5) is 37.8. The zero-order valence-corrected chi connectivity index (χ0v) is 20.2. The number of allylic oxidation sites excluding steroid dienone is 1. The molecule has 0 aromatic heterocycles. The lowest BCUT2D eigenvalue weighted by atomic mass is 9.45. The standard InChI is InChI=1S/C24H33ClO5S/c1-22-8-6-15(26)10-14(22)4-5-16-17-7-9-24(19(28)12-25,30-20(29)13-31-3)23(17,2)11-18(27)21(16)22/h10,16-18,21,27H,4-9,11-13H2,1-3H3/t16-,17-,18?,21+,22-,23-,24-/m0/s1. The molecule has 172 valence electrons. The van der Waals surface area contributed by atoms with Gasteiger partial charge in [-0.05, 0) is 74.0 Å². The van der Waals surface area contributed by atoms with E-state index in [2.05, 4.69) is 6.92 Å². The van der Waals surface area contributed by atoms with E-state index in [4.69, 9.17) is 16.3 Å². The fourth-order valence-electron chi connectivity index (χ4n) is 7.81. The van der Waals surface area contributed by atoms with E-state index in [9.17, 15) is 19.5 Å². The van der Waals surface area contributed by atoms with E-state index in [-0.39, 0.29) is 46.4 Å². The molecule has 4 aliphatic rings. The number of thioether (sulfide) groups is 1. The van der Waals surface area contributed by atoms with Gasteiger partial charge in [-0.1, -0.05) is 19.4 Å². The van der Waals surface area contributed by atoms with Gasteiger partial charge in [-0.2, -0.15) is 11.8 Å². The van der Waals surface area contributed by atoms with Crippen molar-refractivity contribution in [3.05, 3.63) is 11.6 Å². The number of aliphatic hydroxyl groups excluding tert-OH is 1. The lowest BCUT2D eigenvalue weighted by Crippen LogP contribution is -2.63. The molecule has 5 nitrogen and oxygen atoms in total. The molecule has 0 spiro atoms. The number of Topliss-reactive ketones (excluding diaryl/α,β-unsaturated/α-hetero) is 1. The van der Waals surface area contributed by atoms with Crippen LogP contribution in [0.4, 0.5) is 0 Å². The molecule has 4 aliphatic carbocycles. The van der Waals surface area contributed by atoms with Crippen molar-refractivity contribution in [1.29, 1.82) is 0 Å². The Labute approximate surface area is 193 Å². The molecular weight excluding hydrogens is 436 g/mol. The number of fused-ring (bicyclic) bond motifs is 5. The van der Waals surface area contributed by atoms with E-state index in [1.165, 1.54) is 17.3 Å². The third-order valence-corrected chi connectivity index (χ3v) is 9.91. The predicted octanol–water partition coefficient (Wildman–Crippen LogP) is 3.94. The highest BCUT2D eigenvalue weighted by Gasteiger charge is 2.70. The normalized spacial score (nSPS) is 44.0. The van der Waals surface area contributed by atoms with Gasteiger partial charge in [0.25, 0.3) is 0 Å². The van der Waals surface area contributed by atoms with Gasteiger partial charge in [0.2, 0.25) is 0 Å². The van der Waals surface area contributed by atoms with Crippen molar-refractivity contribution in [2.45, 2.75) is 70.5 Å². The van der Waals surface area contributed by atoms with Crippen molar-refractivity contribution >= 4 is 40.9 Å². The summed E-state index contributed by atoms with van der Waals surface area (Å²) < 4.78 is 5.98. The van der Waals surface area contributed by atoms with Gasteiger partial charge < -0.3 is 9.84 Å². The van der Waals surface area contributed by atoms with Crippen LogP contribution in [0.1, 0.15) is 58.8 Å². The second-order valence-electron chi connectivity index (χ2n) is 10.4. The number of halogens is 1. The van der Waals surface area contributed by atoms with Crippen LogP contribution in [-0.4, -0.2) is 52.2 Å². The molecule has 4 rings (SSSR count). The van der Waals surface area contributed by atoms with Crippen LogP contribution < -0.4 is 0 Å². The average molecular weight is 469 g/mol. The first kappa shape index (κ1) is 23.3. The Hall–Kier alpha value is -0.850. The highest BCUT2D eigenvalue weighted by Crippen LogP contribution is 2.68. The zero-order valence-electron chi connectivity index (χ0n) is 18.6. The number of carbonyl (C=O) groups is 3. The van der Waals surface area contributed by atoms with E-state index >= 15 is 0 Å². The smallest absolute Gasteiger partial charge is 0.316 e. The van der Waals surface area contributed by atoms with Crippen molar-refractivity contribution < 1.29 is 24.2 Å². The van der Waals surface area contributed by atoms with Crippen LogP contribution in [0.3, 0.4) is 0 Å². The van der Waals surface area contributed by atoms with E-state index in [0.717, 1.165) is 25.7 Å². The number of hydrogen-bond acceptors (Lipinski definition) is 6. The number of esters is 1. The Morgan fingerprint density at radius 3 is 2.68 bits per heavy atom. The Kier molecular flexibility index (Phi) is 6.15. The van der Waals surface area contributed by atoms with Gasteiger partial charge in [-0.25, -0.2) is 0 Å². The maximum Gasteiger partial charge on any atom is 0.316 e. The van der Waals surface area contributed by atoms with E-state index in [1.54, 1.807) is 0 Å². The molecule has 0 aromatic carbocycles. The van der Waals surface area contributed by atoms with Gasteiger partial charge in [0.15, 0.2) is 17.2 Å². The van der Waals surface area contributed by atoms with Gasteiger partial charge in [-0.3, -0.25) is 14.4 Å². The Morgan fingerprint density at radius 2 is 2.00 bits per heavy atom. The molecule has 7 atom stereocenters. The Bertz CT molecular complexity index is 827. The zero-order chi connectivity index (χ0) is 22.6. The summed E-state index contributed by atoms with van der Waals surface area (Å²) in [6, 6.07) is 0. The number of rotatable bonds is 5. The minimum atomic E-state index is -1.27. The Morgan fingerprint density at radius 1 is 1.26 bits per heavy atom. The van der Waals surface area contributed by atoms with Crippen LogP contribution in [0, 0.1) is 28.6 Å². The van der Waals surface area contributed by atoms with Crippen LogP contribution >= 0.6 is 23.4 Å². The largest absolute Gasteiger partial charge is 0.450 e. The number of hydrogen-bond donors (Lipinski definition) is 1. The molecule has 1 unspecified atom stereocenters. The fraction of sp³-hybridized carbons (Fsp3) is 0.792. The Balaban J connectivity index is 1.73. The first-order valence-electron chi connectivity index (χ1n) is 11.3. The molecule has 3 fully saturated rings. The number of ether oxygens (including phenoxy) is 1. The van der Waals surface area contributed by atoms with Crippen LogP contribution in [0.15, 0.2) is 11.6 Å². The van der Waals surface area contributed by atoms with E-state index < -0.39 is 23.1 Å². The number of aliphatic hydroxyl groups is 1. The SMILES string of the molecule is CSCC(=O)O[C@]1(C(=O)CCl)CC[C@H]2[C@@H]3CCC4=CC(=O)CC[C@]4(C)[C@H]3C(O)C[C@@]21C. The monoisotopic (exact) mass is 468 g/mol. The van der Waals surface area contributed by atoms with Gasteiger partial charge in [-0.15, -0.1) is 11.6 Å². The minimum Gasteiger partial charge on any atom is -0.450 e. The molecule has 7 heteroatoms. The lowest BCUT2D eigenvalue weighted by molar-refractivity contribution is -0.198. The second-order valence-corrected chi connectivity index (χ2v) is 11.5. The van der Waals surface area contributed by atoms with Crippen LogP contribution in [-0.2, 0) is 19.1 Å². The molecule has 0 bridgehead atoms. The molecule has 0 aromatic rings. The van der Waals surface area contributed by atoms with Gasteiger partial charge in [0.1, 0.15) is 0 Å². The van der Waals surface area contributed by atoms with Crippen molar-refractivity contribution in [1.82, 2.24) is 0 Å². The fourth-order valence-corrected chi connectivity index (χ4v) is 8.32. The van der Waals surface area contributed by atoms with Crippen LogP contribution in [0.2, 0.25) is 0 Å². The summed E-state index contributed by atoms with van der Waals surface area (Å²) in [5, 5.41) is 11.5. The molecular formula is C24H33ClO5S. The molecule has 0 radical (unpaired) electrons. The molecule has 0 saturated heterocycles. The summed E-state index contributed by atoms with van der Waals surface area (Å²) >= 11 is 7.40. The van der Waals surface area contributed by atoms with Crippen molar-refractivity contribution in [3.8, 4) is 0 Å². The predicted molar refractivity (Wildman–Crippen MR) is 121 cm³/mol. The third-order valence-electron chi connectivity index (χ3n) is 9.14. The first-order valence-corrected chi connectivity index (χ1v) is 13.3. The van der Waals surface area contributed by atoms with Crippen molar-refractivity contribution in [3.63, 3.8) is 0 Å². The molecule has 0 amide bonds. The van der Waals surface area contributed by atoms with Gasteiger partial charge >= 0.3 is 5.97 Å². The summed E-state index contributed by atoms with van der Waals surface area (Å²) in [6.45, 7) is 4.23. The number of alkyl halides is 1. The van der Waals surface area contributed by atoms with Crippen molar-refractivity contribution in [2.24, 2.45) is 28.6 Å². The van der Waals surface area contributed by atoms with Crippen LogP contribution in [0.5, 0.6) is 0 Å². The maximum absolute atomic E-state index is 13.2. The molecule has 31 heavy (non-hydrogen) atoms. The average Bonchev–Trinajstić information content (AvgIpc) is 3.00. The van der Waals surface area contributed by atoms with Crippen molar-refractivity contribution in [2.75, 3.05) is 17.9 Å². The lowest BCUT2D eigenvalue weighted by Gasteiger charge is -2.60. The third kappa shape index (κ3) is 3.34. The highest BCUT2D eigenvalue weighted by atomic mass is 35.5. The molecule has 1 N–H and O–H groups in total. The van der Waals surface area contributed by atoms with Gasteiger partial charge in [0.05, 0.1) is 17.7 Å². The molecule has 3 saturated carbocycles. The topological polar surface area (TPSA) is 80.7 Å². The van der Waals surface area contributed by atoms with Crippen LogP contribution in [0.25, 0.3) is 0 Å². The highest BCUT2D eigenvalue weighted by molar-refractivity contribution is 7.99. The first-order chi connectivity index (χ1) is 14.6. The second kappa shape index (κ2) is 8.18. The van der Waals surface area contributed by atoms with E-state index in [0.29, 0.717) is 19.3 Å². The number of carbonyl (C=O) groups excluding carboxylic acids is 3. The summed E-state index contributed by atoms with van der Waals surface area (Å²) in [6.07, 6.45) is 7.73. The van der Waals surface area contributed by atoms with E-state index in [1.807, 2.05) is 19.3 Å². The quantitative estimate of drug-likeness (QED) is 0.486. The summed E-state index contributed by atoms with van der Waals surface area (Å²) in [5.41, 5.74) is -0.914. The summed E-state index contributed by atoms with van der Waals surface area (Å²) in [5.74, 6) is -0.00357. The molecule has 0 heterocycles. The summed E-state index contributed by atoms with van der Waals surface area (Å²) in [7, 11) is 0.